The maximum absolute atomic E-state index is 12.7. The summed E-state index contributed by atoms with van der Waals surface area (Å²) in [6, 6.07) is 3.77. The third-order valence-electron chi connectivity index (χ3n) is 6.15. The van der Waals surface area contributed by atoms with Crippen LogP contribution in [0.2, 0.25) is 5.02 Å². The molecule has 1 saturated heterocycles. The number of nitrogens with zero attached hydrogens (tertiary/aromatic N) is 1. The van der Waals surface area contributed by atoms with Crippen LogP contribution in [0.5, 0.6) is 5.75 Å². The second-order valence-corrected chi connectivity index (χ2v) is 8.61. The average Bonchev–Trinajstić information content (AvgIpc) is 2.71. The Morgan fingerprint density at radius 3 is 2.43 bits per heavy atom. The fourth-order valence-corrected chi connectivity index (χ4v) is 4.59. The lowest BCUT2D eigenvalue weighted by Crippen LogP contribution is -2.60. The number of aryl methyl sites for hydroxylation is 2. The van der Waals surface area contributed by atoms with Crippen molar-refractivity contribution < 1.29 is 14.3 Å². The van der Waals surface area contributed by atoms with Gasteiger partial charge in [0.25, 0.3) is 5.91 Å². The fourth-order valence-electron chi connectivity index (χ4n) is 4.48. The fraction of sp³-hybridized carbons (Fsp3) is 0.682. The van der Waals surface area contributed by atoms with E-state index < -0.39 is 6.10 Å². The van der Waals surface area contributed by atoms with Crippen LogP contribution < -0.4 is 10.1 Å². The number of hydrogen-bond donors (Lipinski definition) is 1. The number of halogens is 1. The monoisotopic (exact) mass is 408 g/mol. The van der Waals surface area contributed by atoms with Crippen LogP contribution in [0.25, 0.3) is 0 Å². The molecule has 1 saturated carbocycles. The molecule has 1 aliphatic carbocycles. The molecule has 1 aliphatic heterocycles. The van der Waals surface area contributed by atoms with Crippen LogP contribution in [0.1, 0.15) is 50.2 Å². The maximum atomic E-state index is 12.7. The molecule has 1 aromatic rings. The first-order valence-corrected chi connectivity index (χ1v) is 10.8. The molecule has 156 valence electrons. The highest BCUT2D eigenvalue weighted by Gasteiger charge is 2.39. The van der Waals surface area contributed by atoms with Gasteiger partial charge in [-0.1, -0.05) is 30.9 Å². The Balaban J connectivity index is 1.60. The molecule has 0 radical (unpaired) electrons. The molecule has 1 amide bonds. The lowest BCUT2D eigenvalue weighted by molar-refractivity contribution is -0.128. The molecule has 1 atom stereocenters. The summed E-state index contributed by atoms with van der Waals surface area (Å²) in [6.45, 7) is 9.84. The van der Waals surface area contributed by atoms with E-state index in [0.29, 0.717) is 12.3 Å². The number of morpholine rings is 1. The zero-order valence-electron chi connectivity index (χ0n) is 17.4. The van der Waals surface area contributed by atoms with E-state index in [1.165, 1.54) is 19.3 Å². The van der Waals surface area contributed by atoms with Gasteiger partial charge in [0.1, 0.15) is 5.75 Å². The highest BCUT2D eigenvalue weighted by atomic mass is 35.5. The third kappa shape index (κ3) is 5.00. The molecule has 0 aromatic heterocycles. The number of carbonyl (C=O) groups is 1. The van der Waals surface area contributed by atoms with Crippen molar-refractivity contribution in [3.63, 3.8) is 0 Å². The van der Waals surface area contributed by atoms with Crippen molar-refractivity contribution in [1.29, 1.82) is 0 Å². The van der Waals surface area contributed by atoms with E-state index in [1.807, 2.05) is 26.0 Å². The van der Waals surface area contributed by atoms with Crippen LogP contribution >= 0.6 is 11.6 Å². The Hall–Kier alpha value is -1.30. The largest absolute Gasteiger partial charge is 0.481 e. The van der Waals surface area contributed by atoms with Gasteiger partial charge in [-0.25, -0.2) is 0 Å². The molecule has 1 heterocycles. The van der Waals surface area contributed by atoms with Crippen molar-refractivity contribution >= 4 is 17.5 Å². The first-order valence-electron chi connectivity index (χ1n) is 10.5. The number of carbonyl (C=O) groups excluding carboxylic acids is 1. The van der Waals surface area contributed by atoms with Gasteiger partial charge < -0.3 is 14.8 Å². The second-order valence-electron chi connectivity index (χ2n) is 8.23. The Labute approximate surface area is 173 Å². The van der Waals surface area contributed by atoms with Gasteiger partial charge in [-0.05, 0) is 56.9 Å². The molecule has 3 rings (SSSR count). The minimum atomic E-state index is -0.551. The summed E-state index contributed by atoms with van der Waals surface area (Å²) < 4.78 is 11.4. The molecular formula is C22H33ClN2O3. The molecule has 1 aromatic carbocycles. The number of nitrogens with one attached hydrogen (secondary N) is 1. The van der Waals surface area contributed by atoms with E-state index in [0.717, 1.165) is 55.3 Å². The van der Waals surface area contributed by atoms with E-state index in [1.54, 1.807) is 6.92 Å². The second kappa shape index (κ2) is 9.47. The van der Waals surface area contributed by atoms with Gasteiger partial charge >= 0.3 is 0 Å². The molecule has 2 fully saturated rings. The van der Waals surface area contributed by atoms with Gasteiger partial charge in [-0.3, -0.25) is 9.69 Å². The predicted molar refractivity (Wildman–Crippen MR) is 112 cm³/mol. The summed E-state index contributed by atoms with van der Waals surface area (Å²) in [7, 11) is 0. The summed E-state index contributed by atoms with van der Waals surface area (Å²) in [5.41, 5.74) is 1.97. The first kappa shape index (κ1) is 21.4. The topological polar surface area (TPSA) is 50.8 Å². The highest BCUT2D eigenvalue weighted by Crippen LogP contribution is 2.34. The highest BCUT2D eigenvalue weighted by molar-refractivity contribution is 6.32. The van der Waals surface area contributed by atoms with Gasteiger partial charge in [0, 0.05) is 30.2 Å². The Kier molecular flexibility index (Phi) is 7.24. The summed E-state index contributed by atoms with van der Waals surface area (Å²) in [6.07, 6.45) is 5.46. The molecule has 0 spiro atoms. The normalized spacial score (nSPS) is 21.1. The average molecular weight is 409 g/mol. The summed E-state index contributed by atoms with van der Waals surface area (Å²) >= 11 is 6.23. The van der Waals surface area contributed by atoms with Crippen LogP contribution in [0.15, 0.2) is 12.1 Å². The Bertz CT molecular complexity index is 659. The molecule has 5 nitrogen and oxygen atoms in total. The van der Waals surface area contributed by atoms with Crippen LogP contribution in [0.4, 0.5) is 0 Å². The van der Waals surface area contributed by atoms with Crippen molar-refractivity contribution in [2.24, 2.45) is 0 Å². The first-order chi connectivity index (χ1) is 13.4. The van der Waals surface area contributed by atoms with Crippen molar-refractivity contribution in [1.82, 2.24) is 10.2 Å². The zero-order valence-corrected chi connectivity index (χ0v) is 18.1. The van der Waals surface area contributed by atoms with Crippen LogP contribution in [-0.4, -0.2) is 55.3 Å². The van der Waals surface area contributed by atoms with E-state index in [2.05, 4.69) is 10.2 Å². The number of ether oxygens (including phenoxy) is 2. The number of benzene rings is 1. The van der Waals surface area contributed by atoms with E-state index in [9.17, 15) is 4.79 Å². The molecule has 6 heteroatoms. The number of hydrogen-bond acceptors (Lipinski definition) is 4. The van der Waals surface area contributed by atoms with Crippen LogP contribution in [0, 0.1) is 13.8 Å². The van der Waals surface area contributed by atoms with Crippen molar-refractivity contribution in [2.45, 2.75) is 64.5 Å². The van der Waals surface area contributed by atoms with Gasteiger partial charge in [0.2, 0.25) is 0 Å². The summed E-state index contributed by atoms with van der Waals surface area (Å²) in [4.78, 5) is 15.3. The van der Waals surface area contributed by atoms with Gasteiger partial charge in [0.15, 0.2) is 6.10 Å². The molecule has 0 bridgehead atoms. The van der Waals surface area contributed by atoms with Crippen LogP contribution in [0.3, 0.4) is 0 Å². The van der Waals surface area contributed by atoms with Gasteiger partial charge in [-0.2, -0.15) is 0 Å². The molecule has 2 aliphatic rings. The smallest absolute Gasteiger partial charge is 0.260 e. The minimum absolute atomic E-state index is 0.0604. The third-order valence-corrected chi connectivity index (χ3v) is 6.75. The lowest BCUT2D eigenvalue weighted by Gasteiger charge is -2.48. The molecule has 0 unspecified atom stereocenters. The van der Waals surface area contributed by atoms with E-state index >= 15 is 0 Å². The van der Waals surface area contributed by atoms with Crippen molar-refractivity contribution in [3.05, 3.63) is 28.3 Å². The van der Waals surface area contributed by atoms with Crippen molar-refractivity contribution in [3.8, 4) is 5.75 Å². The SMILES string of the molecule is Cc1cc(O[C@@H](C)C(=O)NCC2(N3CCOCC3)CCCCC2)cc(C)c1Cl. The molecule has 28 heavy (non-hydrogen) atoms. The summed E-state index contributed by atoms with van der Waals surface area (Å²) in [5, 5.41) is 3.92. The molecule has 1 N–H and O–H groups in total. The van der Waals surface area contributed by atoms with E-state index in [4.69, 9.17) is 21.1 Å². The zero-order chi connectivity index (χ0) is 20.1. The van der Waals surface area contributed by atoms with Gasteiger partial charge in [-0.15, -0.1) is 0 Å². The minimum Gasteiger partial charge on any atom is -0.481 e. The summed E-state index contributed by atoms with van der Waals surface area (Å²) in [5.74, 6) is 0.617. The lowest BCUT2D eigenvalue weighted by atomic mass is 9.79. The number of amides is 1. The Morgan fingerprint density at radius 2 is 1.82 bits per heavy atom. The predicted octanol–water partition coefficient (Wildman–Crippen LogP) is 3.88. The quantitative estimate of drug-likeness (QED) is 0.776. The van der Waals surface area contributed by atoms with Crippen molar-refractivity contribution in [2.75, 3.05) is 32.8 Å². The van der Waals surface area contributed by atoms with Gasteiger partial charge in [0.05, 0.1) is 13.2 Å². The standard InChI is InChI=1S/C22H33ClN2O3/c1-16-13-19(14-17(2)20(16)23)28-18(3)21(26)24-15-22(7-5-4-6-8-22)25-9-11-27-12-10-25/h13-14,18H,4-12,15H2,1-3H3,(H,24,26)/t18-/m0/s1. The number of rotatable bonds is 6. The maximum Gasteiger partial charge on any atom is 0.260 e. The Morgan fingerprint density at radius 1 is 1.21 bits per heavy atom. The van der Waals surface area contributed by atoms with E-state index in [-0.39, 0.29) is 11.4 Å². The van der Waals surface area contributed by atoms with Crippen LogP contribution in [-0.2, 0) is 9.53 Å². The molecular weight excluding hydrogens is 376 g/mol.